The summed E-state index contributed by atoms with van der Waals surface area (Å²) in [5, 5.41) is 12.7. The molecule has 3 aromatic carbocycles. The van der Waals surface area contributed by atoms with Crippen LogP contribution in [-0.4, -0.2) is 12.5 Å². The molecule has 0 atom stereocenters. The molecule has 0 fully saturated rings. The first-order chi connectivity index (χ1) is 16.3. The largest absolute Gasteiger partial charge is 0.490 e. The summed E-state index contributed by atoms with van der Waals surface area (Å²) >= 11 is 17.9. The first-order valence-corrected chi connectivity index (χ1v) is 12.7. The average Bonchev–Trinajstić information content (AvgIpc) is 2.81. The number of ether oxygens (including phenoxy) is 2. The lowest BCUT2D eigenvalue weighted by Gasteiger charge is -2.15. The maximum absolute atomic E-state index is 12.7. The number of anilines is 1. The minimum Gasteiger partial charge on any atom is -0.490 e. The molecule has 5 nitrogen and oxygen atoms in total. The Morgan fingerprint density at radius 2 is 1.91 bits per heavy atom. The molecule has 0 heterocycles. The van der Waals surface area contributed by atoms with E-state index in [1.807, 2.05) is 37.3 Å². The highest BCUT2D eigenvalue weighted by Gasteiger charge is 2.16. The van der Waals surface area contributed by atoms with Gasteiger partial charge in [0, 0.05) is 3.57 Å². The summed E-state index contributed by atoms with van der Waals surface area (Å²) in [6.45, 7) is 2.64. The molecular weight excluding hydrogens is 654 g/mol. The van der Waals surface area contributed by atoms with Crippen molar-refractivity contribution in [1.29, 1.82) is 5.26 Å². The zero-order chi connectivity index (χ0) is 24.7. The number of hydrogen-bond donors (Lipinski definition) is 1. The highest BCUT2D eigenvalue weighted by molar-refractivity contribution is 14.1. The Balaban J connectivity index is 1.86. The fraction of sp³-hybridized carbons (Fsp3) is 0.120. The molecule has 0 aliphatic heterocycles. The van der Waals surface area contributed by atoms with Crippen LogP contribution in [-0.2, 0) is 11.4 Å². The molecule has 34 heavy (non-hydrogen) atoms. The van der Waals surface area contributed by atoms with Crippen molar-refractivity contribution in [3.8, 4) is 17.6 Å². The molecule has 0 radical (unpaired) electrons. The number of nitrogens with zero attached hydrogens (tertiary/aromatic N) is 1. The Labute approximate surface area is 229 Å². The van der Waals surface area contributed by atoms with Gasteiger partial charge in [-0.1, -0.05) is 41.4 Å². The zero-order valence-electron chi connectivity index (χ0n) is 17.9. The predicted molar refractivity (Wildman–Crippen MR) is 147 cm³/mol. The lowest BCUT2D eigenvalue weighted by molar-refractivity contribution is -0.112. The number of carbonyl (C=O) groups is 1. The van der Waals surface area contributed by atoms with E-state index in [0.717, 1.165) is 9.13 Å². The van der Waals surface area contributed by atoms with Gasteiger partial charge >= 0.3 is 0 Å². The second kappa shape index (κ2) is 12.5. The quantitative estimate of drug-likeness (QED) is 0.150. The Kier molecular flexibility index (Phi) is 9.65. The molecule has 1 amide bonds. The fourth-order valence-corrected chi connectivity index (χ4v) is 4.20. The third-order valence-corrected chi connectivity index (χ3v) is 6.63. The van der Waals surface area contributed by atoms with Crippen LogP contribution in [0.25, 0.3) is 6.08 Å². The monoisotopic (exact) mass is 670 g/mol. The first-order valence-electron chi connectivity index (χ1n) is 10.0. The number of rotatable bonds is 8. The second-order valence-electron chi connectivity index (χ2n) is 6.90. The number of amides is 1. The molecule has 0 bridgehead atoms. The summed E-state index contributed by atoms with van der Waals surface area (Å²) in [4.78, 5) is 12.7. The minimum absolute atomic E-state index is 0.113. The van der Waals surface area contributed by atoms with E-state index in [1.165, 1.54) is 6.08 Å². The molecular formula is C25H18BrCl2IN2O3. The van der Waals surface area contributed by atoms with Crippen LogP contribution in [0.2, 0.25) is 10.0 Å². The number of nitrogens with one attached hydrogen (secondary N) is 1. The van der Waals surface area contributed by atoms with Gasteiger partial charge in [0.2, 0.25) is 0 Å². The van der Waals surface area contributed by atoms with Gasteiger partial charge in [-0.15, -0.1) is 0 Å². The fourth-order valence-electron chi connectivity index (χ4n) is 2.92. The summed E-state index contributed by atoms with van der Waals surface area (Å²) in [5.74, 6) is 0.412. The molecule has 0 aliphatic carbocycles. The van der Waals surface area contributed by atoms with Crippen molar-refractivity contribution in [3.63, 3.8) is 0 Å². The van der Waals surface area contributed by atoms with Gasteiger partial charge in [0.25, 0.3) is 5.91 Å². The number of nitriles is 1. The number of benzene rings is 3. The number of carbonyl (C=O) groups excluding carboxylic acids is 1. The van der Waals surface area contributed by atoms with Crippen LogP contribution in [0.5, 0.6) is 11.5 Å². The summed E-state index contributed by atoms with van der Waals surface area (Å²) in [7, 11) is 0. The summed E-state index contributed by atoms with van der Waals surface area (Å²) in [5.41, 5.74) is 1.80. The average molecular weight is 672 g/mol. The lowest BCUT2D eigenvalue weighted by atomic mass is 10.1. The van der Waals surface area contributed by atoms with Gasteiger partial charge in [-0.25, -0.2) is 0 Å². The van der Waals surface area contributed by atoms with Gasteiger partial charge in [-0.2, -0.15) is 5.26 Å². The van der Waals surface area contributed by atoms with Crippen LogP contribution in [0.4, 0.5) is 5.69 Å². The summed E-state index contributed by atoms with van der Waals surface area (Å²) in [6, 6.07) is 18.3. The predicted octanol–water partition coefficient (Wildman–Crippen LogP) is 7.88. The Hall–Kier alpha value is -2.25. The van der Waals surface area contributed by atoms with Crippen molar-refractivity contribution in [2.45, 2.75) is 13.5 Å². The normalized spacial score (nSPS) is 11.0. The second-order valence-corrected chi connectivity index (χ2v) is 9.79. The summed E-state index contributed by atoms with van der Waals surface area (Å²) in [6.07, 6.45) is 1.46. The zero-order valence-corrected chi connectivity index (χ0v) is 23.1. The molecule has 9 heteroatoms. The van der Waals surface area contributed by atoms with Gasteiger partial charge in [0.1, 0.15) is 18.2 Å². The highest BCUT2D eigenvalue weighted by Crippen LogP contribution is 2.38. The van der Waals surface area contributed by atoms with E-state index < -0.39 is 5.91 Å². The van der Waals surface area contributed by atoms with E-state index in [9.17, 15) is 10.1 Å². The third kappa shape index (κ3) is 6.89. The topological polar surface area (TPSA) is 71.3 Å². The van der Waals surface area contributed by atoms with Crippen molar-refractivity contribution in [1.82, 2.24) is 0 Å². The van der Waals surface area contributed by atoms with E-state index in [0.29, 0.717) is 45.5 Å². The molecule has 0 unspecified atom stereocenters. The lowest BCUT2D eigenvalue weighted by Crippen LogP contribution is -2.13. The van der Waals surface area contributed by atoms with Gasteiger partial charge in [-0.3, -0.25) is 4.79 Å². The van der Waals surface area contributed by atoms with Gasteiger partial charge in [0.05, 0.1) is 26.8 Å². The molecule has 3 rings (SSSR count). The Morgan fingerprint density at radius 3 is 2.59 bits per heavy atom. The van der Waals surface area contributed by atoms with Crippen LogP contribution < -0.4 is 14.8 Å². The third-order valence-electron chi connectivity index (χ3n) is 4.50. The molecule has 0 saturated carbocycles. The first kappa shape index (κ1) is 26.4. The van der Waals surface area contributed by atoms with Crippen LogP contribution in [0, 0.1) is 14.9 Å². The van der Waals surface area contributed by atoms with Gasteiger partial charge in [-0.05, 0) is 99.0 Å². The van der Waals surface area contributed by atoms with Crippen LogP contribution in [0.15, 0.2) is 64.6 Å². The van der Waals surface area contributed by atoms with Crippen LogP contribution in [0.1, 0.15) is 18.1 Å². The minimum atomic E-state index is -0.611. The van der Waals surface area contributed by atoms with Crippen molar-refractivity contribution >= 4 is 79.4 Å². The van der Waals surface area contributed by atoms with E-state index in [1.54, 1.807) is 30.3 Å². The van der Waals surface area contributed by atoms with E-state index in [-0.39, 0.29) is 10.6 Å². The molecule has 1 N–H and O–H groups in total. The van der Waals surface area contributed by atoms with Crippen LogP contribution in [0.3, 0.4) is 0 Å². The number of hydrogen-bond acceptors (Lipinski definition) is 4. The molecule has 0 aromatic heterocycles. The van der Waals surface area contributed by atoms with Gasteiger partial charge < -0.3 is 14.8 Å². The number of halogens is 4. The summed E-state index contributed by atoms with van der Waals surface area (Å²) < 4.78 is 13.6. The molecule has 0 spiro atoms. The molecule has 3 aromatic rings. The van der Waals surface area contributed by atoms with Gasteiger partial charge in [0.15, 0.2) is 11.5 Å². The van der Waals surface area contributed by atoms with Crippen molar-refractivity contribution in [2.24, 2.45) is 0 Å². The van der Waals surface area contributed by atoms with E-state index in [4.69, 9.17) is 32.7 Å². The SMILES string of the molecule is CCOc1cc(/C=C(/C#N)C(=O)Nc2cccc(Cl)c2Cl)cc(Br)c1OCc1ccc(I)cc1. The maximum Gasteiger partial charge on any atom is 0.266 e. The maximum atomic E-state index is 12.7. The Morgan fingerprint density at radius 1 is 1.18 bits per heavy atom. The highest BCUT2D eigenvalue weighted by atomic mass is 127. The standard InChI is InChI=1S/C25H18BrCl2IN2O3/c1-2-33-22-12-16(11-19(26)24(22)34-14-15-6-8-18(29)9-7-15)10-17(13-30)25(32)31-21-5-3-4-20(27)23(21)28/h3-12H,2,14H2,1H3,(H,31,32)/b17-10-. The molecule has 0 aliphatic rings. The van der Waals surface area contributed by atoms with E-state index in [2.05, 4.69) is 43.8 Å². The van der Waals surface area contributed by atoms with Crippen molar-refractivity contribution in [2.75, 3.05) is 11.9 Å². The van der Waals surface area contributed by atoms with Crippen molar-refractivity contribution < 1.29 is 14.3 Å². The molecule has 174 valence electrons. The Bertz CT molecular complexity index is 1270. The smallest absolute Gasteiger partial charge is 0.266 e. The van der Waals surface area contributed by atoms with E-state index >= 15 is 0 Å². The molecule has 0 saturated heterocycles. The van der Waals surface area contributed by atoms with Crippen molar-refractivity contribution in [3.05, 3.63) is 89.4 Å². The van der Waals surface area contributed by atoms with Crippen LogP contribution >= 0.6 is 61.7 Å².